The van der Waals surface area contributed by atoms with Gasteiger partial charge in [0.1, 0.15) is 5.97 Å². The van der Waals surface area contributed by atoms with Crippen LogP contribution in [-0.2, 0) is 4.79 Å². The van der Waals surface area contributed by atoms with Crippen molar-refractivity contribution in [3.8, 4) is 5.75 Å². The number of aromatic hydroxyl groups is 1. The van der Waals surface area contributed by atoms with E-state index >= 15 is 0 Å². The van der Waals surface area contributed by atoms with Gasteiger partial charge in [-0.25, -0.2) is 0 Å². The molecule has 0 amide bonds. The molecule has 0 saturated carbocycles. The quantitative estimate of drug-likeness (QED) is 0.574. The van der Waals surface area contributed by atoms with Gasteiger partial charge in [0.2, 0.25) is 6.20 Å². The number of nitrogens with zero attached hydrogens (tertiary/aromatic N) is 1. The Labute approximate surface area is 69.7 Å². The van der Waals surface area contributed by atoms with Crippen molar-refractivity contribution in [3.05, 3.63) is 24.5 Å². The van der Waals surface area contributed by atoms with Crippen LogP contribution >= 0.6 is 0 Å². The van der Waals surface area contributed by atoms with Crippen molar-refractivity contribution in [1.82, 2.24) is 0 Å². The number of aliphatic carboxylic acids is 1. The summed E-state index contributed by atoms with van der Waals surface area (Å²) < 4.78 is 1.37. The van der Waals surface area contributed by atoms with Gasteiger partial charge in [-0.1, -0.05) is 0 Å². The van der Waals surface area contributed by atoms with E-state index in [1.807, 2.05) is 0 Å². The Kier molecular flexibility index (Phi) is 2.28. The van der Waals surface area contributed by atoms with E-state index < -0.39 is 12.0 Å². The molecule has 1 aromatic heterocycles. The van der Waals surface area contributed by atoms with Crippen LogP contribution in [-0.4, -0.2) is 11.1 Å². The molecule has 1 aromatic rings. The minimum absolute atomic E-state index is 0.0330. The summed E-state index contributed by atoms with van der Waals surface area (Å²) in [5.41, 5.74) is 0. The van der Waals surface area contributed by atoms with Crippen LogP contribution in [0.3, 0.4) is 0 Å². The molecule has 0 aliphatic rings. The van der Waals surface area contributed by atoms with Crippen molar-refractivity contribution >= 4 is 5.97 Å². The molecule has 1 rings (SSSR count). The molecule has 4 heteroatoms. The standard InChI is InChI=1S/C8H9NO3/c1-6(8(11)12)9-4-2-3-7(10)5-9/h2-6H,1H3,(H-,10,11,12). The third kappa shape index (κ3) is 1.72. The van der Waals surface area contributed by atoms with Gasteiger partial charge in [0.05, 0.1) is 0 Å². The molecule has 64 valence electrons. The minimum Gasteiger partial charge on any atom is -0.543 e. The Morgan fingerprint density at radius 3 is 2.92 bits per heavy atom. The average Bonchev–Trinajstić information content (AvgIpc) is 2.03. The van der Waals surface area contributed by atoms with Gasteiger partial charge < -0.3 is 15.0 Å². The molecular formula is C8H9NO3. The Morgan fingerprint density at radius 2 is 2.42 bits per heavy atom. The summed E-state index contributed by atoms with van der Waals surface area (Å²) in [6.45, 7) is 1.48. The Morgan fingerprint density at radius 1 is 1.75 bits per heavy atom. The van der Waals surface area contributed by atoms with Gasteiger partial charge in [-0.05, 0) is 6.07 Å². The second kappa shape index (κ2) is 3.21. The predicted molar refractivity (Wildman–Crippen MR) is 38.0 cm³/mol. The molecule has 0 saturated heterocycles. The summed E-state index contributed by atoms with van der Waals surface area (Å²) in [7, 11) is 0. The van der Waals surface area contributed by atoms with Gasteiger partial charge in [-0.3, -0.25) is 0 Å². The highest BCUT2D eigenvalue weighted by molar-refractivity contribution is 5.66. The van der Waals surface area contributed by atoms with Crippen LogP contribution in [0.4, 0.5) is 0 Å². The SMILES string of the molecule is CC(C(=O)[O-])[n+]1cccc(O)c1. The summed E-state index contributed by atoms with van der Waals surface area (Å²) in [6.07, 6.45) is 2.89. The topological polar surface area (TPSA) is 64.2 Å². The second-order valence-electron chi connectivity index (χ2n) is 2.50. The van der Waals surface area contributed by atoms with Gasteiger partial charge in [0.25, 0.3) is 0 Å². The van der Waals surface area contributed by atoms with E-state index in [0.717, 1.165) is 0 Å². The van der Waals surface area contributed by atoms with Gasteiger partial charge in [-0.2, -0.15) is 4.57 Å². The number of hydrogen-bond donors (Lipinski definition) is 1. The van der Waals surface area contributed by atoms with Gasteiger partial charge in [0.15, 0.2) is 18.0 Å². The Bertz CT molecular complexity index is 298. The maximum atomic E-state index is 10.4. The van der Waals surface area contributed by atoms with Crippen LogP contribution in [0.25, 0.3) is 0 Å². The molecule has 0 aliphatic heterocycles. The molecule has 4 nitrogen and oxygen atoms in total. The molecule has 0 aliphatic carbocycles. The summed E-state index contributed by atoms with van der Waals surface area (Å²) in [4.78, 5) is 10.4. The first-order chi connectivity index (χ1) is 5.61. The molecule has 1 N–H and O–H groups in total. The fourth-order valence-corrected chi connectivity index (χ4v) is 0.842. The molecule has 1 unspecified atom stereocenters. The third-order valence-corrected chi connectivity index (χ3v) is 1.59. The molecule has 12 heavy (non-hydrogen) atoms. The molecule has 0 radical (unpaired) electrons. The maximum Gasteiger partial charge on any atom is 0.211 e. The monoisotopic (exact) mass is 167 g/mol. The highest BCUT2D eigenvalue weighted by Gasteiger charge is 2.12. The van der Waals surface area contributed by atoms with Crippen molar-refractivity contribution in [2.45, 2.75) is 13.0 Å². The molecule has 0 aromatic carbocycles. The smallest absolute Gasteiger partial charge is 0.211 e. The third-order valence-electron chi connectivity index (χ3n) is 1.59. The molecule has 1 atom stereocenters. The van der Waals surface area contributed by atoms with Gasteiger partial charge in [0, 0.05) is 13.0 Å². The normalized spacial score (nSPS) is 12.4. The summed E-state index contributed by atoms with van der Waals surface area (Å²) >= 11 is 0. The average molecular weight is 167 g/mol. The first kappa shape index (κ1) is 8.52. The zero-order chi connectivity index (χ0) is 9.14. The molecular weight excluding hydrogens is 158 g/mol. The van der Waals surface area contributed by atoms with E-state index in [4.69, 9.17) is 5.11 Å². The Balaban J connectivity index is 2.95. The second-order valence-corrected chi connectivity index (χ2v) is 2.50. The predicted octanol–water partition coefficient (Wildman–Crippen LogP) is -1.01. The fraction of sp³-hybridized carbons (Fsp3) is 0.250. The van der Waals surface area contributed by atoms with E-state index in [0.29, 0.717) is 0 Å². The number of carbonyl (C=O) groups is 1. The molecule has 0 spiro atoms. The zero-order valence-electron chi connectivity index (χ0n) is 6.60. The van der Waals surface area contributed by atoms with Crippen molar-refractivity contribution in [2.24, 2.45) is 0 Å². The van der Waals surface area contributed by atoms with E-state index in [1.165, 1.54) is 23.8 Å². The first-order valence-corrected chi connectivity index (χ1v) is 3.52. The molecule has 0 fully saturated rings. The first-order valence-electron chi connectivity index (χ1n) is 3.52. The number of carboxylic acid groups (broad SMARTS) is 1. The van der Waals surface area contributed by atoms with E-state index in [2.05, 4.69) is 0 Å². The van der Waals surface area contributed by atoms with Crippen molar-refractivity contribution in [2.75, 3.05) is 0 Å². The Hall–Kier alpha value is -1.58. The lowest BCUT2D eigenvalue weighted by molar-refractivity contribution is -0.712. The number of hydrogen-bond acceptors (Lipinski definition) is 3. The summed E-state index contributed by atoms with van der Waals surface area (Å²) in [5, 5.41) is 19.4. The van der Waals surface area contributed by atoms with Crippen LogP contribution in [0.5, 0.6) is 5.75 Å². The number of carboxylic acids is 1. The largest absolute Gasteiger partial charge is 0.543 e. The number of aromatic nitrogens is 1. The van der Waals surface area contributed by atoms with Crippen LogP contribution in [0.2, 0.25) is 0 Å². The van der Waals surface area contributed by atoms with Crippen LogP contribution < -0.4 is 9.67 Å². The van der Waals surface area contributed by atoms with E-state index in [9.17, 15) is 9.90 Å². The number of carbonyl (C=O) groups excluding carboxylic acids is 1. The number of pyridine rings is 1. The van der Waals surface area contributed by atoms with Crippen LogP contribution in [0.1, 0.15) is 13.0 Å². The van der Waals surface area contributed by atoms with Crippen molar-refractivity contribution in [3.63, 3.8) is 0 Å². The van der Waals surface area contributed by atoms with Crippen LogP contribution in [0.15, 0.2) is 24.5 Å². The lowest BCUT2D eigenvalue weighted by Crippen LogP contribution is -2.47. The molecule has 0 bridgehead atoms. The van der Waals surface area contributed by atoms with Crippen LogP contribution in [0, 0.1) is 0 Å². The van der Waals surface area contributed by atoms with Crippen molar-refractivity contribution in [1.29, 1.82) is 0 Å². The molecule has 1 heterocycles. The van der Waals surface area contributed by atoms with Gasteiger partial charge >= 0.3 is 0 Å². The van der Waals surface area contributed by atoms with Gasteiger partial charge in [-0.15, -0.1) is 0 Å². The van der Waals surface area contributed by atoms with E-state index in [-0.39, 0.29) is 5.75 Å². The zero-order valence-corrected chi connectivity index (χ0v) is 6.60. The summed E-state index contributed by atoms with van der Waals surface area (Å²) in [6, 6.07) is 2.27. The fourth-order valence-electron chi connectivity index (χ4n) is 0.842. The maximum absolute atomic E-state index is 10.4. The lowest BCUT2D eigenvalue weighted by Gasteiger charge is -2.06. The van der Waals surface area contributed by atoms with Crippen molar-refractivity contribution < 1.29 is 19.6 Å². The van der Waals surface area contributed by atoms with E-state index in [1.54, 1.807) is 12.3 Å². The minimum atomic E-state index is -1.18. The number of rotatable bonds is 2. The lowest BCUT2D eigenvalue weighted by atomic mass is 10.3. The highest BCUT2D eigenvalue weighted by atomic mass is 16.4. The highest BCUT2D eigenvalue weighted by Crippen LogP contribution is 2.02. The summed E-state index contributed by atoms with van der Waals surface area (Å²) in [5.74, 6) is -1.14.